The number of rotatable bonds is 3. The highest BCUT2D eigenvalue weighted by molar-refractivity contribution is 9.11. The van der Waals surface area contributed by atoms with Crippen LogP contribution >= 0.6 is 47.8 Å². The summed E-state index contributed by atoms with van der Waals surface area (Å²) in [6.07, 6.45) is 3.49. The van der Waals surface area contributed by atoms with Crippen LogP contribution in [0.25, 0.3) is 0 Å². The first-order chi connectivity index (χ1) is 10.1. The van der Waals surface area contributed by atoms with Crippen LogP contribution in [-0.2, 0) is 10.0 Å². The van der Waals surface area contributed by atoms with Crippen molar-refractivity contribution in [1.29, 1.82) is 0 Å². The molecule has 0 aromatic heterocycles. The van der Waals surface area contributed by atoms with Crippen molar-refractivity contribution in [1.82, 2.24) is 4.72 Å². The van der Waals surface area contributed by atoms with Gasteiger partial charge in [0.2, 0.25) is 10.0 Å². The van der Waals surface area contributed by atoms with E-state index < -0.39 is 10.0 Å². The fraction of sp³-hybridized carbons (Fsp3) is 0.600. The molecule has 1 N–H and O–H groups in total. The van der Waals surface area contributed by atoms with Crippen LogP contribution < -0.4 is 4.72 Å². The molecule has 122 valence electrons. The fourth-order valence-electron chi connectivity index (χ4n) is 4.12. The quantitative estimate of drug-likeness (QED) is 0.610. The smallest absolute Gasteiger partial charge is 0.207 e. The van der Waals surface area contributed by atoms with Gasteiger partial charge in [0.15, 0.2) is 0 Å². The second-order valence-corrected chi connectivity index (χ2v) is 11.2. The maximum absolute atomic E-state index is 12.9. The van der Waals surface area contributed by atoms with Gasteiger partial charge in [-0.05, 0) is 80.5 Å². The summed E-state index contributed by atoms with van der Waals surface area (Å²) in [6, 6.07) is 3.52. The SMILES string of the molecule is CC1(C)C2CCC(C2)C1NS(=O)(=O)c1c(Br)cc(Br)cc1Br. The summed E-state index contributed by atoms with van der Waals surface area (Å²) < 4.78 is 30.8. The number of nitrogens with one attached hydrogen (secondary N) is 1. The van der Waals surface area contributed by atoms with Gasteiger partial charge in [-0.15, -0.1) is 0 Å². The average molecular weight is 516 g/mol. The third-order valence-corrected chi connectivity index (χ3v) is 9.09. The Morgan fingerprint density at radius 3 is 2.23 bits per heavy atom. The fourth-order valence-corrected chi connectivity index (χ4v) is 9.23. The molecule has 3 unspecified atom stereocenters. The van der Waals surface area contributed by atoms with Crippen molar-refractivity contribution in [2.45, 2.75) is 44.0 Å². The summed E-state index contributed by atoms with van der Waals surface area (Å²) in [5.74, 6) is 1.09. The minimum Gasteiger partial charge on any atom is -0.207 e. The summed E-state index contributed by atoms with van der Waals surface area (Å²) in [4.78, 5) is 0.272. The Bertz CT molecular complexity index is 694. The van der Waals surface area contributed by atoms with Gasteiger partial charge in [-0.25, -0.2) is 13.1 Å². The Kier molecular flexibility index (Phi) is 4.61. The van der Waals surface area contributed by atoms with E-state index in [1.54, 1.807) is 12.1 Å². The minimum atomic E-state index is -3.58. The first-order valence-electron chi connectivity index (χ1n) is 7.30. The molecule has 3 rings (SSSR count). The van der Waals surface area contributed by atoms with Crippen molar-refractivity contribution in [2.24, 2.45) is 17.3 Å². The number of hydrogen-bond acceptors (Lipinski definition) is 2. The Morgan fingerprint density at radius 1 is 1.14 bits per heavy atom. The summed E-state index contributed by atoms with van der Waals surface area (Å²) in [7, 11) is -3.58. The number of halogens is 3. The second kappa shape index (κ2) is 5.83. The van der Waals surface area contributed by atoms with Gasteiger partial charge in [0.1, 0.15) is 4.90 Å². The van der Waals surface area contributed by atoms with Crippen LogP contribution in [0.5, 0.6) is 0 Å². The van der Waals surface area contributed by atoms with Crippen LogP contribution in [0.4, 0.5) is 0 Å². The third-order valence-electron chi connectivity index (χ3n) is 5.31. The molecule has 1 aromatic carbocycles. The molecule has 0 spiro atoms. The van der Waals surface area contributed by atoms with Gasteiger partial charge in [0, 0.05) is 19.5 Å². The second-order valence-electron chi connectivity index (χ2n) is 6.89. The molecule has 3 nitrogen and oxygen atoms in total. The van der Waals surface area contributed by atoms with Crippen LogP contribution in [-0.4, -0.2) is 14.5 Å². The summed E-state index contributed by atoms with van der Waals surface area (Å²) in [5.41, 5.74) is 0.0182. The molecule has 1 aromatic rings. The molecular weight excluding hydrogens is 498 g/mol. The van der Waals surface area contributed by atoms with Crippen molar-refractivity contribution in [3.8, 4) is 0 Å². The number of benzene rings is 1. The van der Waals surface area contributed by atoms with Crippen molar-refractivity contribution < 1.29 is 8.42 Å². The van der Waals surface area contributed by atoms with E-state index in [1.165, 1.54) is 6.42 Å². The Hall–Kier alpha value is 0.570. The molecule has 0 amide bonds. The van der Waals surface area contributed by atoms with E-state index in [9.17, 15) is 8.42 Å². The number of hydrogen-bond donors (Lipinski definition) is 1. The summed E-state index contributed by atoms with van der Waals surface area (Å²) >= 11 is 10.1. The van der Waals surface area contributed by atoms with Crippen molar-refractivity contribution in [3.63, 3.8) is 0 Å². The topological polar surface area (TPSA) is 46.2 Å². The first kappa shape index (κ1) is 17.4. The third kappa shape index (κ3) is 2.85. The van der Waals surface area contributed by atoms with Gasteiger partial charge in [-0.3, -0.25) is 0 Å². The minimum absolute atomic E-state index is 0.0127. The number of sulfonamides is 1. The van der Waals surface area contributed by atoms with Crippen LogP contribution in [0, 0.1) is 17.3 Å². The van der Waals surface area contributed by atoms with E-state index >= 15 is 0 Å². The highest BCUT2D eigenvalue weighted by Gasteiger charge is 2.54. The molecule has 3 atom stereocenters. The number of fused-ring (bicyclic) bond motifs is 2. The maximum atomic E-state index is 12.9. The Morgan fingerprint density at radius 2 is 1.73 bits per heavy atom. The largest absolute Gasteiger partial charge is 0.243 e. The maximum Gasteiger partial charge on any atom is 0.243 e. The molecule has 0 radical (unpaired) electrons. The summed E-state index contributed by atoms with van der Waals surface area (Å²) in [5, 5.41) is 0. The molecule has 22 heavy (non-hydrogen) atoms. The zero-order valence-corrected chi connectivity index (χ0v) is 17.9. The molecule has 2 fully saturated rings. The highest BCUT2D eigenvalue weighted by atomic mass is 79.9. The lowest BCUT2D eigenvalue weighted by atomic mass is 9.73. The van der Waals surface area contributed by atoms with Crippen molar-refractivity contribution >= 4 is 57.8 Å². The molecule has 2 aliphatic carbocycles. The van der Waals surface area contributed by atoms with E-state index in [0.717, 1.165) is 17.3 Å². The van der Waals surface area contributed by atoms with Crippen LogP contribution in [0.2, 0.25) is 0 Å². The van der Waals surface area contributed by atoms with Gasteiger partial charge in [-0.1, -0.05) is 29.8 Å². The molecule has 2 bridgehead atoms. The van der Waals surface area contributed by atoms with Crippen LogP contribution in [0.3, 0.4) is 0 Å². The lowest BCUT2D eigenvalue weighted by molar-refractivity contribution is 0.169. The highest BCUT2D eigenvalue weighted by Crippen LogP contribution is 2.56. The molecule has 0 aliphatic heterocycles. The lowest BCUT2D eigenvalue weighted by Crippen LogP contribution is -2.48. The normalized spacial score (nSPS) is 30.0. The van der Waals surface area contributed by atoms with E-state index in [2.05, 4.69) is 66.4 Å². The van der Waals surface area contributed by atoms with Crippen LogP contribution in [0.1, 0.15) is 33.1 Å². The monoisotopic (exact) mass is 513 g/mol. The Balaban J connectivity index is 1.95. The van der Waals surface area contributed by atoms with Gasteiger partial charge in [0.25, 0.3) is 0 Å². The van der Waals surface area contributed by atoms with Crippen LogP contribution in [0.15, 0.2) is 30.4 Å². The average Bonchev–Trinajstić information content (AvgIpc) is 2.90. The van der Waals surface area contributed by atoms with E-state index in [4.69, 9.17) is 0 Å². The predicted octanol–water partition coefficient (Wildman–Crippen LogP) is 5.08. The predicted molar refractivity (Wildman–Crippen MR) is 98.3 cm³/mol. The molecular formula is C15H18Br3NO2S. The standard InChI is InChI=1S/C15H18Br3NO2S/c1-15(2)9-4-3-8(5-9)14(15)19-22(20,21)13-11(17)6-10(16)7-12(13)18/h6-9,14,19H,3-5H2,1-2H3. The Labute approximate surface area is 157 Å². The van der Waals surface area contributed by atoms with E-state index in [0.29, 0.717) is 20.8 Å². The molecule has 7 heteroatoms. The zero-order valence-electron chi connectivity index (χ0n) is 12.4. The van der Waals surface area contributed by atoms with Gasteiger partial charge in [-0.2, -0.15) is 0 Å². The van der Waals surface area contributed by atoms with E-state index in [-0.39, 0.29) is 16.4 Å². The molecule has 2 aliphatic rings. The van der Waals surface area contributed by atoms with E-state index in [1.807, 2.05) is 0 Å². The first-order valence-corrected chi connectivity index (χ1v) is 11.2. The molecule has 0 saturated heterocycles. The van der Waals surface area contributed by atoms with Gasteiger partial charge >= 0.3 is 0 Å². The molecule has 2 saturated carbocycles. The van der Waals surface area contributed by atoms with Gasteiger partial charge in [0.05, 0.1) is 0 Å². The lowest BCUT2D eigenvalue weighted by Gasteiger charge is -2.38. The van der Waals surface area contributed by atoms with Crippen molar-refractivity contribution in [2.75, 3.05) is 0 Å². The summed E-state index contributed by atoms with van der Waals surface area (Å²) in [6.45, 7) is 4.38. The zero-order chi connectivity index (χ0) is 16.3. The van der Waals surface area contributed by atoms with Crippen molar-refractivity contribution in [3.05, 3.63) is 25.6 Å². The molecule has 0 heterocycles. The van der Waals surface area contributed by atoms with Gasteiger partial charge < -0.3 is 0 Å².